The predicted molar refractivity (Wildman–Crippen MR) is 58.1 cm³/mol. The summed E-state index contributed by atoms with van der Waals surface area (Å²) in [5, 5.41) is 0.923. The van der Waals surface area contributed by atoms with Crippen molar-refractivity contribution < 1.29 is 9.46 Å². The van der Waals surface area contributed by atoms with E-state index >= 15 is 0 Å². The van der Waals surface area contributed by atoms with Crippen molar-refractivity contribution in [2.24, 2.45) is 0 Å². The molecule has 0 fully saturated rings. The van der Waals surface area contributed by atoms with Crippen LogP contribution in [0.2, 0.25) is 10.0 Å². The standard InChI is InChI=1S/C7H7Cl2O2PS/c1-12(10,11)13-7-3-5(8)2-6(9)4-7/h2-4H,1H3,(H,10,11). The average Bonchev–Trinajstić information content (AvgIpc) is 1.78. The Kier molecular flexibility index (Phi) is 3.73. The fourth-order valence-corrected chi connectivity index (χ4v) is 3.67. The van der Waals surface area contributed by atoms with Crippen molar-refractivity contribution in [1.82, 2.24) is 0 Å². The summed E-state index contributed by atoms with van der Waals surface area (Å²) in [7, 11) is 0. The number of hydrogen-bond acceptors (Lipinski definition) is 2. The molecule has 1 rings (SSSR count). The highest BCUT2D eigenvalue weighted by Crippen LogP contribution is 2.55. The van der Waals surface area contributed by atoms with E-state index in [2.05, 4.69) is 0 Å². The first-order valence-electron chi connectivity index (χ1n) is 3.33. The zero-order valence-corrected chi connectivity index (χ0v) is 9.92. The molecule has 0 heterocycles. The summed E-state index contributed by atoms with van der Waals surface area (Å²) in [5.74, 6) is 0. The van der Waals surface area contributed by atoms with Gasteiger partial charge < -0.3 is 4.89 Å². The molecule has 1 aromatic rings. The summed E-state index contributed by atoms with van der Waals surface area (Å²) >= 11 is 12.3. The minimum absolute atomic E-state index is 0.462. The van der Waals surface area contributed by atoms with E-state index in [0.717, 1.165) is 11.4 Å². The van der Waals surface area contributed by atoms with Crippen LogP contribution < -0.4 is 0 Å². The van der Waals surface area contributed by atoms with E-state index < -0.39 is 6.57 Å². The van der Waals surface area contributed by atoms with Crippen molar-refractivity contribution in [2.45, 2.75) is 4.90 Å². The molecule has 2 nitrogen and oxygen atoms in total. The van der Waals surface area contributed by atoms with Crippen LogP contribution in [-0.4, -0.2) is 11.6 Å². The molecule has 0 saturated heterocycles. The lowest BCUT2D eigenvalue weighted by atomic mass is 10.4. The second-order valence-electron chi connectivity index (χ2n) is 2.50. The predicted octanol–water partition coefficient (Wildman–Crippen LogP) is 3.90. The molecule has 72 valence electrons. The third kappa shape index (κ3) is 4.39. The van der Waals surface area contributed by atoms with Crippen LogP contribution in [0.4, 0.5) is 0 Å². The van der Waals surface area contributed by atoms with Gasteiger partial charge in [-0.05, 0) is 29.6 Å². The average molecular weight is 257 g/mol. The Hall–Kier alpha value is 0.340. The molecule has 0 aliphatic rings. The van der Waals surface area contributed by atoms with Crippen LogP contribution in [0, 0.1) is 0 Å². The fraction of sp³-hybridized carbons (Fsp3) is 0.143. The van der Waals surface area contributed by atoms with Crippen molar-refractivity contribution in [2.75, 3.05) is 6.66 Å². The maximum Gasteiger partial charge on any atom is 0.256 e. The van der Waals surface area contributed by atoms with Gasteiger partial charge in [0.15, 0.2) is 0 Å². The molecule has 0 spiro atoms. The molecule has 0 amide bonds. The first kappa shape index (κ1) is 11.4. The summed E-state index contributed by atoms with van der Waals surface area (Å²) < 4.78 is 11.0. The summed E-state index contributed by atoms with van der Waals surface area (Å²) in [5.41, 5.74) is 0. The highest BCUT2D eigenvalue weighted by Gasteiger charge is 2.12. The highest BCUT2D eigenvalue weighted by molar-refractivity contribution is 8.56. The normalized spacial score (nSPS) is 15.4. The first-order valence-corrected chi connectivity index (χ1v) is 7.61. The van der Waals surface area contributed by atoms with Gasteiger partial charge in [-0.2, -0.15) is 0 Å². The third-order valence-corrected chi connectivity index (χ3v) is 3.98. The number of rotatable bonds is 2. The van der Waals surface area contributed by atoms with Gasteiger partial charge in [0.1, 0.15) is 0 Å². The number of hydrogen-bond donors (Lipinski definition) is 1. The van der Waals surface area contributed by atoms with E-state index in [1.807, 2.05) is 0 Å². The Labute approximate surface area is 90.4 Å². The smallest absolute Gasteiger partial charge is 0.256 e. The molecular formula is C7H7Cl2O2PS. The lowest BCUT2D eigenvalue weighted by Gasteiger charge is -2.05. The lowest BCUT2D eigenvalue weighted by Crippen LogP contribution is -1.74. The Morgan fingerprint density at radius 3 is 2.15 bits per heavy atom. The maximum absolute atomic E-state index is 11.0. The van der Waals surface area contributed by atoms with Crippen molar-refractivity contribution >= 4 is 41.2 Å². The number of benzene rings is 1. The summed E-state index contributed by atoms with van der Waals surface area (Å²) in [6.07, 6.45) is 0. The molecule has 1 atom stereocenters. The fourth-order valence-electron chi connectivity index (χ4n) is 0.777. The Balaban J connectivity index is 2.96. The van der Waals surface area contributed by atoms with Gasteiger partial charge in [-0.1, -0.05) is 23.2 Å². The number of halogens is 2. The molecule has 0 aliphatic carbocycles. The van der Waals surface area contributed by atoms with Crippen LogP contribution in [0.25, 0.3) is 0 Å². The Morgan fingerprint density at radius 1 is 1.31 bits per heavy atom. The van der Waals surface area contributed by atoms with Crippen LogP contribution in [0.15, 0.2) is 23.1 Å². The van der Waals surface area contributed by atoms with Gasteiger partial charge >= 0.3 is 0 Å². The molecule has 6 heteroatoms. The van der Waals surface area contributed by atoms with Crippen molar-refractivity contribution in [3.63, 3.8) is 0 Å². The summed E-state index contributed by atoms with van der Waals surface area (Å²) in [4.78, 5) is 9.69. The Bertz CT molecular complexity index is 343. The molecular weight excluding hydrogens is 250 g/mol. The lowest BCUT2D eigenvalue weighted by molar-refractivity contribution is 0.503. The SMILES string of the molecule is CP(=O)(O)Sc1cc(Cl)cc(Cl)c1. The van der Waals surface area contributed by atoms with E-state index in [1.165, 1.54) is 6.66 Å². The van der Waals surface area contributed by atoms with Crippen LogP contribution in [0.5, 0.6) is 0 Å². The van der Waals surface area contributed by atoms with E-state index in [4.69, 9.17) is 28.1 Å². The Morgan fingerprint density at radius 2 is 1.77 bits per heavy atom. The molecule has 1 N–H and O–H groups in total. The van der Waals surface area contributed by atoms with Crippen molar-refractivity contribution in [3.05, 3.63) is 28.2 Å². The molecule has 0 aliphatic heterocycles. The van der Waals surface area contributed by atoms with E-state index in [9.17, 15) is 4.57 Å². The van der Waals surface area contributed by atoms with Gasteiger partial charge in [-0.3, -0.25) is 4.57 Å². The first-order chi connectivity index (χ1) is 5.87. The van der Waals surface area contributed by atoms with Crippen LogP contribution in [-0.2, 0) is 4.57 Å². The molecule has 1 aromatic carbocycles. The second-order valence-corrected chi connectivity index (χ2v) is 8.21. The van der Waals surface area contributed by atoms with E-state index in [1.54, 1.807) is 18.2 Å². The minimum atomic E-state index is -3.13. The van der Waals surface area contributed by atoms with Crippen LogP contribution in [0.1, 0.15) is 0 Å². The molecule has 0 radical (unpaired) electrons. The largest absolute Gasteiger partial charge is 0.337 e. The third-order valence-electron chi connectivity index (χ3n) is 1.11. The summed E-state index contributed by atoms with van der Waals surface area (Å²) in [6, 6.07) is 4.78. The van der Waals surface area contributed by atoms with Crippen molar-refractivity contribution in [3.8, 4) is 0 Å². The minimum Gasteiger partial charge on any atom is -0.337 e. The summed E-state index contributed by atoms with van der Waals surface area (Å²) in [6.45, 7) is -1.86. The molecule has 1 unspecified atom stereocenters. The highest BCUT2D eigenvalue weighted by atomic mass is 35.5. The zero-order chi connectivity index (χ0) is 10.1. The molecule has 0 saturated carbocycles. The zero-order valence-electron chi connectivity index (χ0n) is 6.70. The van der Waals surface area contributed by atoms with Gasteiger partial charge in [0.2, 0.25) is 0 Å². The van der Waals surface area contributed by atoms with Crippen LogP contribution in [0.3, 0.4) is 0 Å². The van der Waals surface area contributed by atoms with Crippen LogP contribution >= 0.6 is 41.2 Å². The van der Waals surface area contributed by atoms with E-state index in [-0.39, 0.29) is 0 Å². The molecule has 0 aromatic heterocycles. The maximum atomic E-state index is 11.0. The van der Waals surface area contributed by atoms with Gasteiger partial charge in [-0.25, -0.2) is 0 Å². The van der Waals surface area contributed by atoms with Gasteiger partial charge in [-0.15, -0.1) is 0 Å². The molecule has 13 heavy (non-hydrogen) atoms. The molecule has 0 bridgehead atoms. The second kappa shape index (κ2) is 4.24. The van der Waals surface area contributed by atoms with Gasteiger partial charge in [0, 0.05) is 21.6 Å². The van der Waals surface area contributed by atoms with Gasteiger partial charge in [0.25, 0.3) is 6.57 Å². The van der Waals surface area contributed by atoms with E-state index in [0.29, 0.717) is 14.9 Å². The monoisotopic (exact) mass is 256 g/mol. The van der Waals surface area contributed by atoms with Gasteiger partial charge in [0.05, 0.1) is 0 Å². The van der Waals surface area contributed by atoms with Crippen molar-refractivity contribution in [1.29, 1.82) is 0 Å². The quantitative estimate of drug-likeness (QED) is 0.816. The topological polar surface area (TPSA) is 37.3 Å².